The molecule has 0 N–H and O–H groups in total. The monoisotopic (exact) mass is 436 g/mol. The van der Waals surface area contributed by atoms with Crippen molar-refractivity contribution in [1.29, 1.82) is 0 Å². The molecule has 1 saturated heterocycles. The van der Waals surface area contributed by atoms with E-state index in [1.807, 2.05) is 41.0 Å². The van der Waals surface area contributed by atoms with Crippen LogP contribution in [0.3, 0.4) is 0 Å². The molecule has 5 heteroatoms. The number of amides is 2. The zero-order valence-electron chi connectivity index (χ0n) is 19.8. The van der Waals surface area contributed by atoms with E-state index in [2.05, 4.69) is 45.0 Å². The molecule has 32 heavy (non-hydrogen) atoms. The minimum atomic E-state index is -0.557. The molecule has 2 amide bonds. The first kappa shape index (κ1) is 23.8. The Morgan fingerprint density at radius 2 is 1.56 bits per heavy atom. The van der Waals surface area contributed by atoms with Crippen LogP contribution in [0.2, 0.25) is 0 Å². The number of aryl methyl sites for hydroxylation is 2. The Bertz CT molecular complexity index is 907. The molecule has 2 aromatic rings. The van der Waals surface area contributed by atoms with Gasteiger partial charge in [0.05, 0.1) is 0 Å². The van der Waals surface area contributed by atoms with Gasteiger partial charge in [-0.2, -0.15) is 0 Å². The molecule has 2 aromatic carbocycles. The molecule has 0 spiro atoms. The van der Waals surface area contributed by atoms with Crippen LogP contribution in [0.15, 0.2) is 48.5 Å². The fourth-order valence-electron chi connectivity index (χ4n) is 4.11. The van der Waals surface area contributed by atoms with Crippen LogP contribution in [0.5, 0.6) is 5.75 Å². The second kappa shape index (κ2) is 11.2. The summed E-state index contributed by atoms with van der Waals surface area (Å²) >= 11 is 0. The van der Waals surface area contributed by atoms with Crippen molar-refractivity contribution >= 4 is 11.8 Å². The van der Waals surface area contributed by atoms with Crippen molar-refractivity contribution < 1.29 is 14.3 Å². The van der Waals surface area contributed by atoms with Crippen LogP contribution < -0.4 is 4.74 Å². The van der Waals surface area contributed by atoms with E-state index in [0.717, 1.165) is 24.2 Å². The van der Waals surface area contributed by atoms with Crippen LogP contribution in [0, 0.1) is 6.92 Å². The van der Waals surface area contributed by atoms with E-state index in [9.17, 15) is 9.59 Å². The van der Waals surface area contributed by atoms with Gasteiger partial charge >= 0.3 is 0 Å². The molecule has 1 atom stereocenters. The maximum Gasteiger partial charge on any atom is 0.263 e. The quantitative estimate of drug-likeness (QED) is 0.638. The minimum absolute atomic E-state index is 0.0162. The lowest BCUT2D eigenvalue weighted by Gasteiger charge is -2.26. The molecule has 1 heterocycles. The lowest BCUT2D eigenvalue weighted by atomic mass is 10.0. The van der Waals surface area contributed by atoms with Gasteiger partial charge in [-0.05, 0) is 49.8 Å². The van der Waals surface area contributed by atoms with E-state index >= 15 is 0 Å². The fraction of sp³-hybridized carbons (Fsp3) is 0.481. The highest BCUT2D eigenvalue weighted by Crippen LogP contribution is 2.27. The summed E-state index contributed by atoms with van der Waals surface area (Å²) in [5, 5.41) is 0. The Morgan fingerprint density at radius 3 is 2.28 bits per heavy atom. The molecular formula is C27H36N2O3. The predicted octanol–water partition coefficient (Wildman–Crippen LogP) is 4.58. The van der Waals surface area contributed by atoms with E-state index in [0.29, 0.717) is 38.5 Å². The van der Waals surface area contributed by atoms with Gasteiger partial charge in [-0.25, -0.2) is 0 Å². The van der Waals surface area contributed by atoms with Crippen LogP contribution in [0.25, 0.3) is 0 Å². The van der Waals surface area contributed by atoms with E-state index in [4.69, 9.17) is 4.74 Å². The second-order valence-electron chi connectivity index (χ2n) is 9.00. The largest absolute Gasteiger partial charge is 0.481 e. The summed E-state index contributed by atoms with van der Waals surface area (Å²) in [6.07, 6.45) is 1.48. The van der Waals surface area contributed by atoms with Crippen LogP contribution in [0.4, 0.5) is 0 Å². The third-order valence-electron chi connectivity index (χ3n) is 6.10. The maximum atomic E-state index is 13.0. The Labute approximate surface area is 192 Å². The number of carbonyl (C=O) groups is 2. The van der Waals surface area contributed by atoms with Crippen molar-refractivity contribution in [1.82, 2.24) is 9.80 Å². The molecule has 0 aromatic heterocycles. The van der Waals surface area contributed by atoms with Crippen molar-refractivity contribution in [2.24, 2.45) is 0 Å². The number of benzene rings is 2. The molecule has 1 aliphatic rings. The molecule has 0 bridgehead atoms. The summed E-state index contributed by atoms with van der Waals surface area (Å²) in [7, 11) is 0. The molecular weight excluding hydrogens is 400 g/mol. The molecule has 3 rings (SSSR count). The smallest absolute Gasteiger partial charge is 0.263 e. The molecule has 0 radical (unpaired) electrons. The van der Waals surface area contributed by atoms with Crippen molar-refractivity contribution in [3.8, 4) is 5.75 Å². The van der Waals surface area contributed by atoms with Crippen LogP contribution in [-0.2, 0) is 16.0 Å². The molecule has 0 aliphatic carbocycles. The number of hydrogen-bond acceptors (Lipinski definition) is 3. The molecule has 1 aliphatic heterocycles. The molecule has 1 fully saturated rings. The van der Waals surface area contributed by atoms with Gasteiger partial charge in [-0.3, -0.25) is 9.59 Å². The van der Waals surface area contributed by atoms with Gasteiger partial charge in [0.15, 0.2) is 6.10 Å². The summed E-state index contributed by atoms with van der Waals surface area (Å²) in [6, 6.07) is 16.2. The van der Waals surface area contributed by atoms with E-state index in [1.165, 1.54) is 11.1 Å². The molecule has 1 unspecified atom stereocenters. The maximum absolute atomic E-state index is 13.0. The number of nitrogens with zero attached hydrogens (tertiary/aromatic N) is 2. The third-order valence-corrected chi connectivity index (χ3v) is 6.10. The van der Waals surface area contributed by atoms with Crippen LogP contribution in [0.1, 0.15) is 56.2 Å². The van der Waals surface area contributed by atoms with Crippen molar-refractivity contribution in [2.45, 2.75) is 59.0 Å². The van der Waals surface area contributed by atoms with Crippen molar-refractivity contribution in [3.63, 3.8) is 0 Å². The summed E-state index contributed by atoms with van der Waals surface area (Å²) in [5.74, 6) is 1.24. The first-order valence-corrected chi connectivity index (χ1v) is 11.7. The predicted molar refractivity (Wildman–Crippen MR) is 128 cm³/mol. The highest BCUT2D eigenvalue weighted by molar-refractivity contribution is 5.81. The van der Waals surface area contributed by atoms with Gasteiger partial charge in [0.25, 0.3) is 5.91 Å². The topological polar surface area (TPSA) is 49.9 Å². The lowest BCUT2D eigenvalue weighted by Crippen LogP contribution is -2.43. The number of ether oxygens (including phenoxy) is 1. The summed E-state index contributed by atoms with van der Waals surface area (Å²) in [4.78, 5) is 29.5. The highest BCUT2D eigenvalue weighted by Gasteiger charge is 2.26. The van der Waals surface area contributed by atoms with E-state index < -0.39 is 6.10 Å². The minimum Gasteiger partial charge on any atom is -0.481 e. The van der Waals surface area contributed by atoms with Gasteiger partial charge in [0, 0.05) is 32.6 Å². The van der Waals surface area contributed by atoms with E-state index in [-0.39, 0.29) is 11.8 Å². The van der Waals surface area contributed by atoms with Crippen molar-refractivity contribution in [3.05, 3.63) is 65.2 Å². The molecule has 172 valence electrons. The first-order valence-electron chi connectivity index (χ1n) is 11.7. The standard InChI is InChI=1S/C27H36N2O3/c1-20(2)24-8-5-6-9-25(24)32-22(4)27(31)29-17-7-16-28(18-19-29)26(30)15-14-23-12-10-21(3)11-13-23/h5-6,8-13,20,22H,7,14-19H2,1-4H3. The average molecular weight is 437 g/mol. The average Bonchev–Trinajstić information content (AvgIpc) is 3.04. The zero-order chi connectivity index (χ0) is 23.1. The Hall–Kier alpha value is -2.82. The first-order chi connectivity index (χ1) is 15.3. The number of hydrogen-bond donors (Lipinski definition) is 0. The zero-order valence-corrected chi connectivity index (χ0v) is 19.8. The van der Waals surface area contributed by atoms with Gasteiger partial charge in [0.2, 0.25) is 5.91 Å². The molecule has 5 nitrogen and oxygen atoms in total. The normalized spacial score (nSPS) is 15.4. The van der Waals surface area contributed by atoms with Crippen molar-refractivity contribution in [2.75, 3.05) is 26.2 Å². The van der Waals surface area contributed by atoms with Gasteiger partial charge in [0.1, 0.15) is 5.75 Å². The number of rotatable bonds is 7. The summed E-state index contributed by atoms with van der Waals surface area (Å²) < 4.78 is 6.06. The van der Waals surface area contributed by atoms with Gasteiger partial charge < -0.3 is 14.5 Å². The lowest BCUT2D eigenvalue weighted by molar-refractivity contribution is -0.138. The summed E-state index contributed by atoms with van der Waals surface area (Å²) in [5.41, 5.74) is 3.51. The summed E-state index contributed by atoms with van der Waals surface area (Å²) in [6.45, 7) is 10.6. The van der Waals surface area contributed by atoms with Crippen LogP contribution in [-0.4, -0.2) is 53.9 Å². The Kier molecular flexibility index (Phi) is 8.32. The Balaban J connectivity index is 1.52. The SMILES string of the molecule is Cc1ccc(CCC(=O)N2CCCN(C(=O)C(C)Oc3ccccc3C(C)C)CC2)cc1. The fourth-order valence-corrected chi connectivity index (χ4v) is 4.11. The van der Waals surface area contributed by atoms with Gasteiger partial charge in [-0.1, -0.05) is 61.9 Å². The molecule has 0 saturated carbocycles. The number of carbonyl (C=O) groups excluding carboxylic acids is 2. The van der Waals surface area contributed by atoms with E-state index in [1.54, 1.807) is 0 Å². The highest BCUT2D eigenvalue weighted by atomic mass is 16.5. The third kappa shape index (κ3) is 6.35. The Morgan fingerprint density at radius 1 is 0.906 bits per heavy atom. The second-order valence-corrected chi connectivity index (χ2v) is 9.00. The van der Waals surface area contributed by atoms with Crippen LogP contribution >= 0.6 is 0 Å². The van der Waals surface area contributed by atoms with Gasteiger partial charge in [-0.15, -0.1) is 0 Å². The number of para-hydroxylation sites is 1.